The van der Waals surface area contributed by atoms with Crippen LogP contribution in [0, 0.1) is 12.7 Å². The topological polar surface area (TPSA) is 99.5 Å². The maximum Gasteiger partial charge on any atom is 0.339 e. The quantitative estimate of drug-likeness (QED) is 0.603. The lowest BCUT2D eigenvalue weighted by molar-refractivity contribution is 0.0693. The molecule has 1 aromatic heterocycles. The number of carbonyl (C=O) groups excluding carboxylic acids is 1. The summed E-state index contributed by atoms with van der Waals surface area (Å²) in [5.74, 6) is -2.49. The van der Waals surface area contributed by atoms with Crippen LogP contribution < -0.4 is 5.32 Å². The molecule has 1 amide bonds. The smallest absolute Gasteiger partial charge is 0.339 e. The molecule has 132 valence electrons. The Hall–Kier alpha value is -3.26. The van der Waals surface area contributed by atoms with Gasteiger partial charge in [0.25, 0.3) is 5.91 Å². The van der Waals surface area contributed by atoms with Crippen molar-refractivity contribution < 1.29 is 24.2 Å². The highest BCUT2D eigenvalue weighted by Gasteiger charge is 2.18. The van der Waals surface area contributed by atoms with E-state index in [1.165, 1.54) is 30.3 Å². The number of aryl methyl sites for hydroxylation is 1. The molecule has 0 aliphatic carbocycles. The third-order valence-electron chi connectivity index (χ3n) is 3.58. The summed E-state index contributed by atoms with van der Waals surface area (Å²) in [4.78, 5) is 28.2. The number of carboxylic acids is 1. The summed E-state index contributed by atoms with van der Waals surface area (Å²) in [7, 11) is 0. The van der Waals surface area contributed by atoms with Crippen LogP contribution in [0.4, 0.5) is 10.1 Å². The summed E-state index contributed by atoms with van der Waals surface area (Å²) in [5, 5.41) is 21.7. The first kappa shape index (κ1) is 17.6. The molecule has 0 fully saturated rings. The molecule has 0 saturated carbocycles. The minimum absolute atomic E-state index is 0.237. The van der Waals surface area contributed by atoms with E-state index in [2.05, 4.69) is 10.3 Å². The summed E-state index contributed by atoms with van der Waals surface area (Å²) < 4.78 is 13.0. The number of thiazole rings is 1. The molecule has 0 aliphatic rings. The number of benzene rings is 2. The number of aromatic carboxylic acids is 1. The van der Waals surface area contributed by atoms with Crippen molar-refractivity contribution in [1.82, 2.24) is 4.98 Å². The lowest BCUT2D eigenvalue weighted by Crippen LogP contribution is -2.12. The van der Waals surface area contributed by atoms with Crippen LogP contribution >= 0.6 is 11.3 Å². The van der Waals surface area contributed by atoms with E-state index < -0.39 is 11.9 Å². The van der Waals surface area contributed by atoms with Crippen molar-refractivity contribution in [3.63, 3.8) is 0 Å². The monoisotopic (exact) mass is 372 g/mol. The highest BCUT2D eigenvalue weighted by molar-refractivity contribution is 7.17. The second-order valence-corrected chi connectivity index (χ2v) is 6.43. The number of anilines is 1. The average molecular weight is 372 g/mol. The molecule has 2 aromatic carbocycles. The fraction of sp³-hybridized carbons (Fsp3) is 0.0556. The largest absolute Gasteiger partial charge is 0.507 e. The number of rotatable bonds is 4. The molecule has 0 saturated heterocycles. The van der Waals surface area contributed by atoms with Gasteiger partial charge in [-0.05, 0) is 49.4 Å². The zero-order valence-corrected chi connectivity index (χ0v) is 14.3. The molecular formula is C18H13FN2O4S. The second-order valence-electron chi connectivity index (χ2n) is 5.43. The Kier molecular flexibility index (Phi) is 4.68. The Balaban J connectivity index is 1.86. The third-order valence-corrected chi connectivity index (χ3v) is 4.78. The highest BCUT2D eigenvalue weighted by atomic mass is 32.1. The predicted octanol–water partition coefficient (Wildman–Crippen LogP) is 3.91. The van der Waals surface area contributed by atoms with E-state index in [4.69, 9.17) is 5.11 Å². The van der Waals surface area contributed by atoms with Crippen molar-refractivity contribution in [1.29, 1.82) is 0 Å². The van der Waals surface area contributed by atoms with Crippen LogP contribution in [0.5, 0.6) is 5.75 Å². The minimum atomic E-state index is -1.30. The molecule has 8 heteroatoms. The summed E-state index contributed by atoms with van der Waals surface area (Å²) in [6, 6.07) is 9.56. The van der Waals surface area contributed by atoms with Gasteiger partial charge in [0.1, 0.15) is 27.0 Å². The van der Waals surface area contributed by atoms with Gasteiger partial charge < -0.3 is 15.5 Å². The molecule has 1 heterocycles. The number of hydrogen-bond donors (Lipinski definition) is 3. The van der Waals surface area contributed by atoms with Crippen molar-refractivity contribution in [2.45, 2.75) is 6.92 Å². The maximum atomic E-state index is 13.0. The van der Waals surface area contributed by atoms with Gasteiger partial charge >= 0.3 is 5.97 Å². The first-order chi connectivity index (χ1) is 12.3. The number of phenols is 1. The molecule has 3 aromatic rings. The molecule has 0 spiro atoms. The number of carboxylic acid groups (broad SMARTS) is 1. The van der Waals surface area contributed by atoms with E-state index in [0.29, 0.717) is 21.1 Å². The number of aromatic nitrogens is 1. The summed E-state index contributed by atoms with van der Waals surface area (Å²) in [5.41, 5.74) is 1.12. The number of halogens is 1. The van der Waals surface area contributed by atoms with Gasteiger partial charge in [0, 0.05) is 11.3 Å². The summed E-state index contributed by atoms with van der Waals surface area (Å²) >= 11 is 1.15. The Morgan fingerprint density at radius 3 is 2.50 bits per heavy atom. The number of carbonyl (C=O) groups is 2. The van der Waals surface area contributed by atoms with E-state index in [1.54, 1.807) is 19.1 Å². The van der Waals surface area contributed by atoms with E-state index in [9.17, 15) is 19.1 Å². The molecule has 26 heavy (non-hydrogen) atoms. The second kappa shape index (κ2) is 6.93. The number of nitrogens with zero attached hydrogens (tertiary/aromatic N) is 1. The molecule has 6 nitrogen and oxygen atoms in total. The van der Waals surface area contributed by atoms with Gasteiger partial charge in [-0.15, -0.1) is 11.3 Å². The van der Waals surface area contributed by atoms with Gasteiger partial charge in [0.05, 0.1) is 5.69 Å². The van der Waals surface area contributed by atoms with Gasteiger partial charge in [0.15, 0.2) is 0 Å². The van der Waals surface area contributed by atoms with Gasteiger partial charge in [-0.2, -0.15) is 0 Å². The van der Waals surface area contributed by atoms with Crippen LogP contribution in [-0.4, -0.2) is 27.1 Å². The zero-order valence-electron chi connectivity index (χ0n) is 13.5. The Bertz CT molecular complexity index is 999. The van der Waals surface area contributed by atoms with Gasteiger partial charge in [0.2, 0.25) is 0 Å². The SMILES string of the molecule is Cc1nc(-c2ccc(F)cc2)sc1C(=O)Nc1ccc(O)c(C(=O)O)c1. The normalized spacial score (nSPS) is 10.5. The first-order valence-electron chi connectivity index (χ1n) is 7.46. The lowest BCUT2D eigenvalue weighted by Gasteiger charge is -2.06. The van der Waals surface area contributed by atoms with Crippen LogP contribution in [0.15, 0.2) is 42.5 Å². The van der Waals surface area contributed by atoms with Gasteiger partial charge in [-0.3, -0.25) is 4.79 Å². The summed E-state index contributed by atoms with van der Waals surface area (Å²) in [6.07, 6.45) is 0. The fourth-order valence-electron chi connectivity index (χ4n) is 2.30. The Labute approximate surface area is 151 Å². The number of hydrogen-bond acceptors (Lipinski definition) is 5. The number of aromatic hydroxyl groups is 1. The summed E-state index contributed by atoms with van der Waals surface area (Å²) in [6.45, 7) is 1.68. The molecule has 0 bridgehead atoms. The van der Waals surface area contributed by atoms with Crippen molar-refractivity contribution in [2.75, 3.05) is 5.32 Å². The lowest BCUT2D eigenvalue weighted by atomic mass is 10.1. The van der Waals surface area contributed by atoms with Crippen LogP contribution in [0.1, 0.15) is 25.7 Å². The molecule has 0 atom stereocenters. The Morgan fingerprint density at radius 1 is 1.15 bits per heavy atom. The third kappa shape index (κ3) is 3.55. The standard InChI is InChI=1S/C18H13FN2O4S/c1-9-15(26-17(20-9)10-2-4-11(19)5-3-10)16(23)21-12-6-7-14(22)13(8-12)18(24)25/h2-8,22H,1H3,(H,21,23)(H,24,25). The van der Waals surface area contributed by atoms with Crippen LogP contribution in [-0.2, 0) is 0 Å². The van der Waals surface area contributed by atoms with Crippen molar-refractivity contribution >= 4 is 28.9 Å². The first-order valence-corrected chi connectivity index (χ1v) is 8.28. The van der Waals surface area contributed by atoms with Crippen molar-refractivity contribution in [3.05, 3.63) is 64.4 Å². The van der Waals surface area contributed by atoms with E-state index in [-0.39, 0.29) is 22.8 Å². The molecule has 3 N–H and O–H groups in total. The molecule has 0 radical (unpaired) electrons. The van der Waals surface area contributed by atoms with Crippen LogP contribution in [0.2, 0.25) is 0 Å². The molecular weight excluding hydrogens is 359 g/mol. The average Bonchev–Trinajstić information content (AvgIpc) is 2.99. The van der Waals surface area contributed by atoms with Gasteiger partial charge in [-0.1, -0.05) is 0 Å². The molecule has 0 unspecified atom stereocenters. The van der Waals surface area contributed by atoms with Crippen LogP contribution in [0.25, 0.3) is 10.6 Å². The van der Waals surface area contributed by atoms with Crippen molar-refractivity contribution in [3.8, 4) is 16.3 Å². The fourth-order valence-corrected chi connectivity index (χ4v) is 3.26. The maximum absolute atomic E-state index is 13.0. The van der Waals surface area contributed by atoms with Crippen LogP contribution in [0.3, 0.4) is 0 Å². The van der Waals surface area contributed by atoms with Gasteiger partial charge in [-0.25, -0.2) is 14.2 Å². The molecule has 3 rings (SSSR count). The predicted molar refractivity (Wildman–Crippen MR) is 95.3 cm³/mol. The Morgan fingerprint density at radius 2 is 1.85 bits per heavy atom. The van der Waals surface area contributed by atoms with E-state index in [0.717, 1.165) is 11.3 Å². The zero-order chi connectivity index (χ0) is 18.8. The highest BCUT2D eigenvalue weighted by Crippen LogP contribution is 2.29. The van der Waals surface area contributed by atoms with Crippen molar-refractivity contribution in [2.24, 2.45) is 0 Å². The van der Waals surface area contributed by atoms with E-state index in [1.807, 2.05) is 0 Å². The molecule has 0 aliphatic heterocycles. The number of nitrogens with one attached hydrogen (secondary N) is 1. The minimum Gasteiger partial charge on any atom is -0.507 e. The number of amides is 1. The van der Waals surface area contributed by atoms with E-state index >= 15 is 0 Å².